The van der Waals surface area contributed by atoms with Gasteiger partial charge in [-0.25, -0.2) is 0 Å². The van der Waals surface area contributed by atoms with Gasteiger partial charge in [-0.05, 0) is 48.5 Å². The maximum atomic E-state index is 6.46. The zero-order chi connectivity index (χ0) is 14.4. The van der Waals surface area contributed by atoms with E-state index >= 15 is 0 Å². The molecule has 0 aliphatic rings. The minimum atomic E-state index is 0.234. The number of hydrogen-bond acceptors (Lipinski definition) is 2. The van der Waals surface area contributed by atoms with E-state index in [0.717, 1.165) is 23.1 Å². The van der Waals surface area contributed by atoms with Crippen molar-refractivity contribution in [1.29, 1.82) is 0 Å². The third-order valence-electron chi connectivity index (χ3n) is 3.81. The molecule has 3 nitrogen and oxygen atoms in total. The summed E-state index contributed by atoms with van der Waals surface area (Å²) in [5, 5.41) is 4.55. The summed E-state index contributed by atoms with van der Waals surface area (Å²) < 4.78 is 3.21. The molecule has 0 saturated carbocycles. The third-order valence-corrected chi connectivity index (χ3v) is 4.84. The molecule has 0 aliphatic carbocycles. The number of nitrogens with two attached hydrogens (primary N) is 1. The van der Waals surface area contributed by atoms with E-state index in [1.54, 1.807) is 0 Å². The van der Waals surface area contributed by atoms with Gasteiger partial charge in [0.2, 0.25) is 0 Å². The fourth-order valence-electron chi connectivity index (χ4n) is 2.77. The van der Waals surface area contributed by atoms with Crippen LogP contribution in [0.15, 0.2) is 4.47 Å². The first-order valence-corrected chi connectivity index (χ1v) is 8.31. The van der Waals surface area contributed by atoms with Crippen LogP contribution in [0.3, 0.4) is 0 Å². The lowest BCUT2D eigenvalue weighted by molar-refractivity contribution is 0.354. The van der Waals surface area contributed by atoms with E-state index in [-0.39, 0.29) is 6.04 Å². The molecule has 0 spiro atoms. The molecule has 1 atom stereocenters. The van der Waals surface area contributed by atoms with Crippen LogP contribution in [0.1, 0.15) is 57.8 Å². The van der Waals surface area contributed by atoms with E-state index in [1.807, 2.05) is 6.92 Å². The van der Waals surface area contributed by atoms with Gasteiger partial charge in [0, 0.05) is 19.0 Å². The molecule has 1 unspecified atom stereocenters. The average Bonchev–Trinajstić information content (AvgIpc) is 2.66. The fourth-order valence-corrected chi connectivity index (χ4v) is 3.21. The largest absolute Gasteiger partial charge is 0.327 e. The quantitative estimate of drug-likeness (QED) is 0.781. The molecule has 1 heterocycles. The normalized spacial score (nSPS) is 13.2. The molecule has 1 rings (SSSR count). The zero-order valence-electron chi connectivity index (χ0n) is 12.7. The van der Waals surface area contributed by atoms with Crippen molar-refractivity contribution in [2.45, 2.75) is 72.4 Å². The van der Waals surface area contributed by atoms with Crippen LogP contribution >= 0.6 is 15.9 Å². The van der Waals surface area contributed by atoms with Crippen LogP contribution in [0.4, 0.5) is 0 Å². The summed E-state index contributed by atoms with van der Waals surface area (Å²) in [5.74, 6) is 0.627. The highest BCUT2D eigenvalue weighted by Gasteiger charge is 2.21. The Hall–Kier alpha value is -0.350. The molecule has 19 heavy (non-hydrogen) atoms. The molecule has 0 bridgehead atoms. The minimum absolute atomic E-state index is 0.234. The zero-order valence-corrected chi connectivity index (χ0v) is 14.3. The van der Waals surface area contributed by atoms with E-state index in [0.29, 0.717) is 5.92 Å². The molecule has 0 aliphatic heterocycles. The topological polar surface area (TPSA) is 43.8 Å². The maximum absolute atomic E-state index is 6.46. The van der Waals surface area contributed by atoms with E-state index in [1.165, 1.54) is 31.4 Å². The molecule has 1 aromatic rings. The predicted octanol–water partition coefficient (Wildman–Crippen LogP) is 4.06. The van der Waals surface area contributed by atoms with Crippen molar-refractivity contribution in [2.75, 3.05) is 0 Å². The highest BCUT2D eigenvalue weighted by atomic mass is 79.9. The van der Waals surface area contributed by atoms with E-state index in [2.05, 4.69) is 46.5 Å². The lowest BCUT2D eigenvalue weighted by atomic mass is 9.88. The monoisotopic (exact) mass is 329 g/mol. The Kier molecular flexibility index (Phi) is 7.08. The smallest absolute Gasteiger partial charge is 0.0738 e. The first-order chi connectivity index (χ1) is 9.04. The highest BCUT2D eigenvalue weighted by Crippen LogP contribution is 2.25. The number of hydrogen-bond donors (Lipinski definition) is 1. The van der Waals surface area contributed by atoms with E-state index < -0.39 is 0 Å². The van der Waals surface area contributed by atoms with Gasteiger partial charge in [0.05, 0.1) is 15.9 Å². The first-order valence-electron chi connectivity index (χ1n) is 7.52. The molecule has 0 amide bonds. The van der Waals surface area contributed by atoms with Gasteiger partial charge >= 0.3 is 0 Å². The minimum Gasteiger partial charge on any atom is -0.327 e. The SMILES string of the molecule is CCCC(CCC)C(N)Cc1c(Br)c(C)nn1CC. The van der Waals surface area contributed by atoms with Crippen LogP contribution < -0.4 is 5.73 Å². The number of nitrogens with zero attached hydrogens (tertiary/aromatic N) is 2. The van der Waals surface area contributed by atoms with Crippen molar-refractivity contribution in [3.8, 4) is 0 Å². The van der Waals surface area contributed by atoms with E-state index in [9.17, 15) is 0 Å². The van der Waals surface area contributed by atoms with Gasteiger partial charge in [0.25, 0.3) is 0 Å². The second kappa shape index (κ2) is 8.05. The first kappa shape index (κ1) is 16.7. The van der Waals surface area contributed by atoms with Gasteiger partial charge in [-0.15, -0.1) is 0 Å². The highest BCUT2D eigenvalue weighted by molar-refractivity contribution is 9.10. The van der Waals surface area contributed by atoms with Crippen LogP contribution in [0.2, 0.25) is 0 Å². The van der Waals surface area contributed by atoms with Crippen LogP contribution in [0.5, 0.6) is 0 Å². The molecule has 0 saturated heterocycles. The molecule has 110 valence electrons. The fraction of sp³-hybridized carbons (Fsp3) is 0.800. The lowest BCUT2D eigenvalue weighted by Crippen LogP contribution is -2.33. The third kappa shape index (κ3) is 4.32. The number of aryl methyl sites for hydroxylation is 2. The van der Waals surface area contributed by atoms with Crippen molar-refractivity contribution in [1.82, 2.24) is 9.78 Å². The average molecular weight is 330 g/mol. The number of rotatable bonds is 8. The Bertz CT molecular complexity index is 381. The molecule has 4 heteroatoms. The van der Waals surface area contributed by atoms with Crippen LogP contribution in [-0.4, -0.2) is 15.8 Å². The summed E-state index contributed by atoms with van der Waals surface area (Å²) in [6, 6.07) is 0.234. The molecule has 0 fully saturated rings. The lowest BCUT2D eigenvalue weighted by Gasteiger charge is -2.23. The summed E-state index contributed by atoms with van der Waals surface area (Å²) in [6.45, 7) is 9.56. The van der Waals surface area contributed by atoms with Crippen LogP contribution in [-0.2, 0) is 13.0 Å². The van der Waals surface area contributed by atoms with Gasteiger partial charge in [0.1, 0.15) is 0 Å². The summed E-state index contributed by atoms with van der Waals surface area (Å²) in [4.78, 5) is 0. The predicted molar refractivity (Wildman–Crippen MR) is 85.3 cm³/mol. The van der Waals surface area contributed by atoms with E-state index in [4.69, 9.17) is 5.73 Å². The Morgan fingerprint density at radius 3 is 2.26 bits per heavy atom. The summed E-state index contributed by atoms with van der Waals surface area (Å²) in [6.07, 6.45) is 5.80. The second-order valence-electron chi connectivity index (χ2n) is 5.37. The molecule has 2 N–H and O–H groups in total. The summed E-state index contributed by atoms with van der Waals surface area (Å²) >= 11 is 3.66. The van der Waals surface area contributed by atoms with Crippen molar-refractivity contribution < 1.29 is 0 Å². The number of halogens is 1. The van der Waals surface area contributed by atoms with Crippen LogP contribution in [0, 0.1) is 12.8 Å². The molecular formula is C15H28BrN3. The van der Waals surface area contributed by atoms with Gasteiger partial charge in [-0.2, -0.15) is 5.10 Å². The Morgan fingerprint density at radius 2 is 1.79 bits per heavy atom. The van der Waals surface area contributed by atoms with Gasteiger partial charge in [0.15, 0.2) is 0 Å². The summed E-state index contributed by atoms with van der Waals surface area (Å²) in [5.41, 5.74) is 8.78. The Morgan fingerprint density at radius 1 is 1.21 bits per heavy atom. The van der Waals surface area contributed by atoms with Crippen molar-refractivity contribution in [3.05, 3.63) is 15.9 Å². The summed E-state index contributed by atoms with van der Waals surface area (Å²) in [7, 11) is 0. The van der Waals surface area contributed by atoms with Gasteiger partial charge in [-0.1, -0.05) is 26.7 Å². The maximum Gasteiger partial charge on any atom is 0.0738 e. The Balaban J connectivity index is 2.82. The van der Waals surface area contributed by atoms with Gasteiger partial charge in [-0.3, -0.25) is 4.68 Å². The second-order valence-corrected chi connectivity index (χ2v) is 6.16. The molecule has 1 aromatic heterocycles. The van der Waals surface area contributed by atoms with Gasteiger partial charge < -0.3 is 5.73 Å². The standard InChI is InChI=1S/C15H28BrN3/c1-5-8-12(9-6-2)13(17)10-14-15(16)11(4)18-19(14)7-3/h12-13H,5-10,17H2,1-4H3. The molecule has 0 radical (unpaired) electrons. The van der Waals surface area contributed by atoms with Crippen molar-refractivity contribution in [2.24, 2.45) is 11.7 Å². The Labute approximate surface area is 126 Å². The molecular weight excluding hydrogens is 302 g/mol. The molecule has 0 aromatic carbocycles. The van der Waals surface area contributed by atoms with Crippen LogP contribution in [0.25, 0.3) is 0 Å². The van der Waals surface area contributed by atoms with Crippen molar-refractivity contribution in [3.63, 3.8) is 0 Å². The number of aromatic nitrogens is 2. The van der Waals surface area contributed by atoms with Crippen molar-refractivity contribution >= 4 is 15.9 Å².